The van der Waals surface area contributed by atoms with Crippen LogP contribution in [0.15, 0.2) is 133 Å². The van der Waals surface area contributed by atoms with Gasteiger partial charge in [-0.1, -0.05) is 133 Å². The number of carbonyl (C=O) groups excluding carboxylic acids is 2. The minimum atomic E-state index is 0.0126. The number of ketones is 2. The van der Waals surface area contributed by atoms with Gasteiger partial charge in [0.2, 0.25) is 0 Å². The molecule has 0 amide bonds. The Bertz CT molecular complexity index is 1470. The maximum atomic E-state index is 13.1. The number of hydrogen-bond acceptors (Lipinski definition) is 2. The standard InChI is InChI=1S/C33H24O2/c34-32(26-11-3-1-4-12-26)30-17-8-7-15-28(30)23-24-19-21-25(22-20-24)29-16-9-10-18-31(29)33(35)27-13-5-2-6-14-27/h1-22H,23H2. The lowest BCUT2D eigenvalue weighted by atomic mass is 9.91. The molecule has 0 fully saturated rings. The van der Waals surface area contributed by atoms with E-state index >= 15 is 0 Å². The van der Waals surface area contributed by atoms with Crippen LogP contribution < -0.4 is 0 Å². The lowest BCUT2D eigenvalue weighted by Gasteiger charge is -2.12. The predicted octanol–water partition coefficient (Wildman–Crippen LogP) is 7.41. The Morgan fingerprint density at radius 3 is 1.57 bits per heavy atom. The van der Waals surface area contributed by atoms with Crippen LogP contribution in [0.2, 0.25) is 0 Å². The van der Waals surface area contributed by atoms with Gasteiger partial charge in [-0.3, -0.25) is 9.59 Å². The average molecular weight is 453 g/mol. The van der Waals surface area contributed by atoms with Crippen molar-refractivity contribution < 1.29 is 9.59 Å². The molecule has 0 aliphatic carbocycles. The molecule has 0 aliphatic heterocycles. The first-order chi connectivity index (χ1) is 17.2. The van der Waals surface area contributed by atoms with E-state index in [1.165, 1.54) is 0 Å². The molecule has 0 radical (unpaired) electrons. The molecule has 5 rings (SSSR count). The van der Waals surface area contributed by atoms with Gasteiger partial charge in [-0.05, 0) is 28.7 Å². The fourth-order valence-corrected chi connectivity index (χ4v) is 4.34. The number of rotatable bonds is 7. The summed E-state index contributed by atoms with van der Waals surface area (Å²) in [4.78, 5) is 26.2. The third kappa shape index (κ3) is 4.87. The second-order valence-electron chi connectivity index (χ2n) is 8.47. The van der Waals surface area contributed by atoms with Crippen LogP contribution in [0.1, 0.15) is 43.0 Å². The van der Waals surface area contributed by atoms with Crippen LogP contribution in [0.3, 0.4) is 0 Å². The zero-order chi connectivity index (χ0) is 24.0. The highest BCUT2D eigenvalue weighted by Crippen LogP contribution is 2.27. The third-order valence-electron chi connectivity index (χ3n) is 6.17. The highest BCUT2D eigenvalue weighted by atomic mass is 16.1. The maximum absolute atomic E-state index is 13.1. The normalized spacial score (nSPS) is 10.6. The van der Waals surface area contributed by atoms with Crippen LogP contribution in [0.4, 0.5) is 0 Å². The van der Waals surface area contributed by atoms with E-state index in [0.29, 0.717) is 23.1 Å². The summed E-state index contributed by atoms with van der Waals surface area (Å²) in [7, 11) is 0. The summed E-state index contributed by atoms with van der Waals surface area (Å²) in [6.45, 7) is 0. The second-order valence-corrected chi connectivity index (χ2v) is 8.47. The van der Waals surface area contributed by atoms with E-state index in [-0.39, 0.29) is 11.6 Å². The molecule has 0 heterocycles. The molecule has 0 atom stereocenters. The largest absolute Gasteiger partial charge is 0.289 e. The van der Waals surface area contributed by atoms with Crippen molar-refractivity contribution >= 4 is 11.6 Å². The summed E-state index contributed by atoms with van der Waals surface area (Å²) in [6.07, 6.45) is 0.652. The second kappa shape index (κ2) is 10.1. The van der Waals surface area contributed by atoms with Crippen LogP contribution in [0, 0.1) is 0 Å². The van der Waals surface area contributed by atoms with E-state index in [2.05, 4.69) is 12.1 Å². The minimum Gasteiger partial charge on any atom is -0.289 e. The minimum absolute atomic E-state index is 0.0126. The molecule has 5 aromatic carbocycles. The molecule has 5 aromatic rings. The topological polar surface area (TPSA) is 34.1 Å². The van der Waals surface area contributed by atoms with E-state index in [1.54, 1.807) is 0 Å². The van der Waals surface area contributed by atoms with Gasteiger partial charge in [0.25, 0.3) is 0 Å². The van der Waals surface area contributed by atoms with Crippen LogP contribution in [-0.2, 0) is 6.42 Å². The maximum Gasteiger partial charge on any atom is 0.193 e. The van der Waals surface area contributed by atoms with Crippen molar-refractivity contribution in [2.24, 2.45) is 0 Å². The Hall–Kier alpha value is -4.56. The smallest absolute Gasteiger partial charge is 0.193 e. The predicted molar refractivity (Wildman–Crippen MR) is 141 cm³/mol. The Morgan fingerprint density at radius 2 is 0.943 bits per heavy atom. The van der Waals surface area contributed by atoms with Gasteiger partial charge in [-0.15, -0.1) is 0 Å². The molecule has 0 spiro atoms. The van der Waals surface area contributed by atoms with Crippen LogP contribution in [0.5, 0.6) is 0 Å². The van der Waals surface area contributed by atoms with Gasteiger partial charge in [0.1, 0.15) is 0 Å². The molecule has 0 N–H and O–H groups in total. The number of benzene rings is 5. The molecule has 2 heteroatoms. The van der Waals surface area contributed by atoms with Crippen LogP contribution >= 0.6 is 0 Å². The molecular formula is C33H24O2. The first-order valence-corrected chi connectivity index (χ1v) is 11.7. The molecule has 0 saturated heterocycles. The molecule has 0 aliphatic rings. The fourth-order valence-electron chi connectivity index (χ4n) is 4.34. The van der Waals surface area contributed by atoms with Gasteiger partial charge < -0.3 is 0 Å². The molecule has 0 unspecified atom stereocenters. The van der Waals surface area contributed by atoms with E-state index < -0.39 is 0 Å². The van der Waals surface area contributed by atoms with Crippen molar-refractivity contribution in [3.8, 4) is 11.1 Å². The van der Waals surface area contributed by atoms with Crippen molar-refractivity contribution in [2.75, 3.05) is 0 Å². The fraction of sp³-hybridized carbons (Fsp3) is 0.0303. The number of hydrogen-bond donors (Lipinski definition) is 0. The quantitative estimate of drug-likeness (QED) is 0.241. The Morgan fingerprint density at radius 1 is 0.457 bits per heavy atom. The van der Waals surface area contributed by atoms with E-state index in [9.17, 15) is 9.59 Å². The van der Waals surface area contributed by atoms with Crippen molar-refractivity contribution in [1.82, 2.24) is 0 Å². The van der Waals surface area contributed by atoms with Crippen LogP contribution in [0.25, 0.3) is 11.1 Å². The first-order valence-electron chi connectivity index (χ1n) is 11.7. The van der Waals surface area contributed by atoms with Gasteiger partial charge in [-0.2, -0.15) is 0 Å². The first kappa shape index (κ1) is 22.2. The SMILES string of the molecule is O=C(c1ccccc1)c1ccccc1Cc1ccc(-c2ccccc2C(=O)c2ccccc2)cc1. The monoisotopic (exact) mass is 452 g/mol. The summed E-state index contributed by atoms with van der Waals surface area (Å²) < 4.78 is 0. The van der Waals surface area contributed by atoms with Gasteiger partial charge in [0, 0.05) is 22.3 Å². The van der Waals surface area contributed by atoms with E-state index in [0.717, 1.165) is 27.8 Å². The lowest BCUT2D eigenvalue weighted by Crippen LogP contribution is -2.06. The Balaban J connectivity index is 1.41. The molecule has 168 valence electrons. The summed E-state index contributed by atoms with van der Waals surface area (Å²) in [5, 5.41) is 0. The molecule has 0 saturated carbocycles. The van der Waals surface area contributed by atoms with Crippen molar-refractivity contribution in [3.05, 3.63) is 167 Å². The number of carbonyl (C=O) groups is 2. The zero-order valence-corrected chi connectivity index (χ0v) is 19.2. The Labute approximate surface area is 205 Å². The molecule has 2 nitrogen and oxygen atoms in total. The third-order valence-corrected chi connectivity index (χ3v) is 6.17. The van der Waals surface area contributed by atoms with Crippen molar-refractivity contribution in [2.45, 2.75) is 6.42 Å². The van der Waals surface area contributed by atoms with E-state index in [4.69, 9.17) is 0 Å². The average Bonchev–Trinajstić information content (AvgIpc) is 2.94. The van der Waals surface area contributed by atoms with Crippen molar-refractivity contribution in [3.63, 3.8) is 0 Å². The summed E-state index contributed by atoms with van der Waals surface area (Å²) in [5.41, 5.74) is 6.77. The summed E-state index contributed by atoms with van der Waals surface area (Å²) >= 11 is 0. The zero-order valence-electron chi connectivity index (χ0n) is 19.2. The van der Waals surface area contributed by atoms with Gasteiger partial charge in [-0.25, -0.2) is 0 Å². The molecular weight excluding hydrogens is 428 g/mol. The lowest BCUT2D eigenvalue weighted by molar-refractivity contribution is 0.103. The summed E-state index contributed by atoms with van der Waals surface area (Å²) in [6, 6.07) is 42.5. The highest BCUT2D eigenvalue weighted by molar-refractivity contribution is 6.13. The van der Waals surface area contributed by atoms with Gasteiger partial charge >= 0.3 is 0 Å². The molecule has 0 aromatic heterocycles. The van der Waals surface area contributed by atoms with Crippen molar-refractivity contribution in [1.29, 1.82) is 0 Å². The van der Waals surface area contributed by atoms with Gasteiger partial charge in [0.15, 0.2) is 11.6 Å². The van der Waals surface area contributed by atoms with Crippen LogP contribution in [-0.4, -0.2) is 11.6 Å². The van der Waals surface area contributed by atoms with E-state index in [1.807, 2.05) is 121 Å². The van der Waals surface area contributed by atoms with Gasteiger partial charge in [0.05, 0.1) is 0 Å². The molecule has 35 heavy (non-hydrogen) atoms. The highest BCUT2D eigenvalue weighted by Gasteiger charge is 2.15. The Kier molecular flexibility index (Phi) is 6.45. The molecule has 0 bridgehead atoms. The summed E-state index contributed by atoms with van der Waals surface area (Å²) in [5.74, 6) is 0.0461.